The third-order valence-electron chi connectivity index (χ3n) is 5.12. The second-order valence-corrected chi connectivity index (χ2v) is 8.08. The second-order valence-electron chi connectivity index (χ2n) is 8.08. The molecule has 1 aromatic carbocycles. The Balaban J connectivity index is 2.72. The van der Waals surface area contributed by atoms with Crippen LogP contribution >= 0.6 is 0 Å². The average Bonchev–Trinajstić information content (AvgIpc) is 2.82. The summed E-state index contributed by atoms with van der Waals surface area (Å²) in [6, 6.07) is 8.09. The van der Waals surface area contributed by atoms with Crippen molar-refractivity contribution >= 4 is 23.8 Å². The molecule has 1 atom stereocenters. The van der Waals surface area contributed by atoms with Crippen molar-refractivity contribution in [2.24, 2.45) is 15.9 Å². The zero-order valence-corrected chi connectivity index (χ0v) is 20.9. The summed E-state index contributed by atoms with van der Waals surface area (Å²) in [6.45, 7) is 16.6. The Morgan fingerprint density at radius 2 is 2.09 bits per heavy atom. The molecule has 0 fully saturated rings. The predicted molar refractivity (Wildman–Crippen MR) is 144 cm³/mol. The molecule has 0 aliphatic carbocycles. The first-order chi connectivity index (χ1) is 16.3. The molecule has 0 aromatic heterocycles. The number of nitrogens with one attached hydrogen (secondary N) is 2. The van der Waals surface area contributed by atoms with Crippen molar-refractivity contribution in [2.45, 2.75) is 47.0 Å². The summed E-state index contributed by atoms with van der Waals surface area (Å²) in [5.74, 6) is 0.913. The molecule has 0 aliphatic rings. The van der Waals surface area contributed by atoms with Crippen LogP contribution < -0.4 is 10.6 Å². The van der Waals surface area contributed by atoms with Gasteiger partial charge in [0.1, 0.15) is 0 Å². The summed E-state index contributed by atoms with van der Waals surface area (Å²) in [6.07, 6.45) is 10.9. The van der Waals surface area contributed by atoms with Crippen molar-refractivity contribution in [3.05, 3.63) is 77.9 Å². The molecule has 0 saturated heterocycles. The van der Waals surface area contributed by atoms with Crippen LogP contribution in [0, 0.1) is 24.2 Å². The maximum absolute atomic E-state index is 12.2. The van der Waals surface area contributed by atoms with Crippen molar-refractivity contribution in [1.82, 2.24) is 5.32 Å². The van der Waals surface area contributed by atoms with Gasteiger partial charge in [-0.2, -0.15) is 5.26 Å². The van der Waals surface area contributed by atoms with E-state index in [2.05, 4.69) is 59.8 Å². The molecule has 1 unspecified atom stereocenters. The molecule has 34 heavy (non-hydrogen) atoms. The van der Waals surface area contributed by atoms with Crippen LogP contribution in [0.2, 0.25) is 0 Å². The summed E-state index contributed by atoms with van der Waals surface area (Å²) in [4.78, 5) is 21.0. The fourth-order valence-electron chi connectivity index (χ4n) is 2.84. The molecule has 180 valence electrons. The molecule has 0 spiro atoms. The molecule has 0 aliphatic heterocycles. The average molecular weight is 460 g/mol. The number of hydrogen-bond acceptors (Lipinski definition) is 3. The van der Waals surface area contributed by atoms with Gasteiger partial charge in [-0.15, -0.1) is 6.58 Å². The molecule has 6 nitrogen and oxygen atoms in total. The van der Waals surface area contributed by atoms with Gasteiger partial charge in [0.15, 0.2) is 0 Å². The molecule has 0 bridgehead atoms. The molecule has 0 saturated carbocycles. The number of allylic oxidation sites excluding steroid dienone is 3. The van der Waals surface area contributed by atoms with Gasteiger partial charge < -0.3 is 10.6 Å². The lowest BCUT2D eigenvalue weighted by molar-refractivity contribution is -0.117. The Labute approximate surface area is 204 Å². The number of guanidine groups is 1. The van der Waals surface area contributed by atoms with Crippen molar-refractivity contribution in [2.75, 3.05) is 18.4 Å². The van der Waals surface area contributed by atoms with E-state index in [1.165, 1.54) is 0 Å². The van der Waals surface area contributed by atoms with Gasteiger partial charge in [-0.3, -0.25) is 4.79 Å². The third-order valence-corrected chi connectivity index (χ3v) is 5.12. The Kier molecular flexibility index (Phi) is 13.3. The number of nitrogens with zero attached hydrogens (tertiary/aromatic N) is 3. The van der Waals surface area contributed by atoms with E-state index in [0.717, 1.165) is 28.8 Å². The molecule has 2 N–H and O–H groups in total. The molecule has 0 radical (unpaired) electrons. The van der Waals surface area contributed by atoms with Gasteiger partial charge in [0.2, 0.25) is 11.9 Å². The number of rotatable bonds is 12. The van der Waals surface area contributed by atoms with E-state index in [1.54, 1.807) is 30.5 Å². The van der Waals surface area contributed by atoms with E-state index in [-0.39, 0.29) is 5.91 Å². The van der Waals surface area contributed by atoms with Gasteiger partial charge in [-0.05, 0) is 48.6 Å². The predicted octanol–water partition coefficient (Wildman–Crippen LogP) is 5.70. The normalized spacial score (nSPS) is 13.0. The number of aliphatic imine (C=N–C) groups is 2. The minimum Gasteiger partial charge on any atom is -0.350 e. The highest BCUT2D eigenvalue weighted by Crippen LogP contribution is 2.18. The van der Waals surface area contributed by atoms with Crippen LogP contribution in [-0.4, -0.2) is 31.2 Å². The zero-order valence-electron chi connectivity index (χ0n) is 20.9. The fraction of sp³-hybridized carbons (Fsp3) is 0.357. The number of aryl methyl sites for hydroxylation is 1. The van der Waals surface area contributed by atoms with Crippen LogP contribution in [0.25, 0.3) is 0 Å². The van der Waals surface area contributed by atoms with Gasteiger partial charge in [-0.25, -0.2) is 9.98 Å². The monoisotopic (exact) mass is 459 g/mol. The Morgan fingerprint density at radius 3 is 2.71 bits per heavy atom. The van der Waals surface area contributed by atoms with Crippen molar-refractivity contribution < 1.29 is 4.79 Å². The van der Waals surface area contributed by atoms with Crippen molar-refractivity contribution in [3.63, 3.8) is 0 Å². The van der Waals surface area contributed by atoms with Gasteiger partial charge in [0.25, 0.3) is 0 Å². The molecule has 6 heteroatoms. The van der Waals surface area contributed by atoms with Crippen molar-refractivity contribution in [3.8, 4) is 6.07 Å². The zero-order chi connectivity index (χ0) is 25.3. The SMILES string of the molecule is C=CC/N=C(\N=C/Cc1ccc(NC(=O)CC(C)CC)c(C)c1)NCC(=C)/C=C\C(C#N)=C/C. The van der Waals surface area contributed by atoms with E-state index in [9.17, 15) is 4.79 Å². The van der Waals surface area contributed by atoms with Gasteiger partial charge in [0.05, 0.1) is 12.6 Å². The van der Waals surface area contributed by atoms with E-state index in [1.807, 2.05) is 26.0 Å². The molecule has 1 aromatic rings. The number of anilines is 1. The summed E-state index contributed by atoms with van der Waals surface area (Å²) >= 11 is 0. The second kappa shape index (κ2) is 16.0. The van der Waals surface area contributed by atoms with Crippen molar-refractivity contribution in [1.29, 1.82) is 5.26 Å². The quantitative estimate of drug-likeness (QED) is 0.138. The first kappa shape index (κ1) is 28.3. The van der Waals surface area contributed by atoms with Gasteiger partial charge in [0, 0.05) is 36.9 Å². The largest absolute Gasteiger partial charge is 0.350 e. The van der Waals surface area contributed by atoms with E-state index in [4.69, 9.17) is 5.26 Å². The molecule has 1 amide bonds. The van der Waals surface area contributed by atoms with Crippen LogP contribution in [0.5, 0.6) is 0 Å². The minimum absolute atomic E-state index is 0.0481. The number of carbonyl (C=O) groups excluding carboxylic acids is 1. The summed E-state index contributed by atoms with van der Waals surface area (Å²) < 4.78 is 0. The molecule has 1 rings (SSSR count). The Hall–Kier alpha value is -3.72. The number of benzene rings is 1. The highest BCUT2D eigenvalue weighted by molar-refractivity contribution is 5.92. The van der Waals surface area contributed by atoms with Crippen LogP contribution in [0.15, 0.2) is 76.8 Å². The lowest BCUT2D eigenvalue weighted by atomic mass is 10.0. The Morgan fingerprint density at radius 1 is 1.32 bits per heavy atom. The number of hydrogen-bond donors (Lipinski definition) is 2. The van der Waals surface area contributed by atoms with Crippen LogP contribution in [0.1, 0.15) is 44.7 Å². The summed E-state index contributed by atoms with van der Waals surface area (Å²) in [5.41, 5.74) is 4.33. The third kappa shape index (κ3) is 11.2. The van der Waals surface area contributed by atoms with Gasteiger partial charge >= 0.3 is 0 Å². The first-order valence-electron chi connectivity index (χ1n) is 11.6. The van der Waals surface area contributed by atoms with E-state index >= 15 is 0 Å². The van der Waals surface area contributed by atoms with Crippen LogP contribution in [-0.2, 0) is 11.2 Å². The van der Waals surface area contributed by atoms with Crippen LogP contribution in [0.4, 0.5) is 5.69 Å². The fourth-order valence-corrected chi connectivity index (χ4v) is 2.84. The molecule has 0 heterocycles. The molecular formula is C28H37N5O. The minimum atomic E-state index is 0.0481. The van der Waals surface area contributed by atoms with E-state index in [0.29, 0.717) is 43.4 Å². The lowest BCUT2D eigenvalue weighted by Crippen LogP contribution is -2.24. The van der Waals surface area contributed by atoms with Crippen LogP contribution in [0.3, 0.4) is 0 Å². The van der Waals surface area contributed by atoms with Gasteiger partial charge in [-0.1, -0.05) is 57.2 Å². The summed E-state index contributed by atoms with van der Waals surface area (Å²) in [7, 11) is 0. The first-order valence-corrected chi connectivity index (χ1v) is 11.6. The smallest absolute Gasteiger partial charge is 0.224 e. The maximum Gasteiger partial charge on any atom is 0.224 e. The highest BCUT2D eigenvalue weighted by atomic mass is 16.1. The van der Waals surface area contributed by atoms with E-state index < -0.39 is 0 Å². The lowest BCUT2D eigenvalue weighted by Gasteiger charge is -2.12. The molecular weight excluding hydrogens is 422 g/mol. The Bertz CT molecular complexity index is 1010. The number of carbonyl (C=O) groups is 1. The number of nitriles is 1. The topological polar surface area (TPSA) is 89.6 Å². The standard InChI is InChI=1S/C28H37N5O/c1-7-15-30-28(32-20-22(5)10-11-24(9-3)19-29)31-16-14-25-12-13-26(23(6)18-25)33-27(34)17-21(4)8-2/h7,9-13,16,18,21H,1,5,8,14-15,17,20H2,2-4,6H3,(H,30,32)(H,33,34)/b11-10-,24-9+,31-16-. The number of amides is 1. The summed E-state index contributed by atoms with van der Waals surface area (Å²) in [5, 5.41) is 15.1. The highest BCUT2D eigenvalue weighted by Gasteiger charge is 2.09. The maximum atomic E-state index is 12.2.